The van der Waals surface area contributed by atoms with Crippen LogP contribution in [0, 0.1) is 0 Å². The van der Waals surface area contributed by atoms with Gasteiger partial charge in [-0.25, -0.2) is 4.98 Å². The maximum atomic E-state index is 12.5. The van der Waals surface area contributed by atoms with Crippen LogP contribution in [0.25, 0.3) is 0 Å². The van der Waals surface area contributed by atoms with Crippen molar-refractivity contribution in [2.75, 3.05) is 20.2 Å². The Kier molecular flexibility index (Phi) is 7.55. The van der Waals surface area contributed by atoms with Crippen molar-refractivity contribution in [1.82, 2.24) is 14.5 Å². The number of nitrogens with two attached hydrogens (primary N) is 1. The Morgan fingerprint density at radius 2 is 1.76 bits per heavy atom. The van der Waals surface area contributed by atoms with Gasteiger partial charge in [0.1, 0.15) is 0 Å². The van der Waals surface area contributed by atoms with Crippen molar-refractivity contribution in [3.63, 3.8) is 0 Å². The van der Waals surface area contributed by atoms with E-state index >= 15 is 0 Å². The second-order valence-corrected chi connectivity index (χ2v) is 7.13. The highest BCUT2D eigenvalue weighted by molar-refractivity contribution is 5.81. The first-order chi connectivity index (χ1) is 14.1. The summed E-state index contributed by atoms with van der Waals surface area (Å²) in [6.45, 7) is 2.25. The molecule has 1 heterocycles. The zero-order valence-corrected chi connectivity index (χ0v) is 16.8. The Morgan fingerprint density at radius 1 is 1.10 bits per heavy atom. The molecule has 29 heavy (non-hydrogen) atoms. The summed E-state index contributed by atoms with van der Waals surface area (Å²) in [5.74, 6) is -0.106. The number of aromatic nitrogens is 2. The minimum atomic E-state index is -0.616. The topological polar surface area (TPSA) is 73.4 Å². The lowest BCUT2D eigenvalue weighted by Crippen LogP contribution is -2.44. The lowest BCUT2D eigenvalue weighted by molar-refractivity contribution is -0.132. The fraction of sp³-hybridized carbons (Fsp3) is 0.304. The van der Waals surface area contributed by atoms with Gasteiger partial charge in [-0.1, -0.05) is 60.7 Å². The van der Waals surface area contributed by atoms with Crippen LogP contribution in [0.3, 0.4) is 0 Å². The molecule has 3 rings (SSSR count). The van der Waals surface area contributed by atoms with Crippen molar-refractivity contribution in [2.24, 2.45) is 5.73 Å². The number of nitrogens with zero attached hydrogens (tertiary/aromatic N) is 3. The maximum Gasteiger partial charge on any atom is 0.239 e. The Hall–Kier alpha value is -2.96. The number of ether oxygens (including phenoxy) is 1. The van der Waals surface area contributed by atoms with E-state index in [1.807, 2.05) is 59.3 Å². The van der Waals surface area contributed by atoms with Gasteiger partial charge in [-0.15, -0.1) is 0 Å². The van der Waals surface area contributed by atoms with Gasteiger partial charge in [0.25, 0.3) is 0 Å². The van der Waals surface area contributed by atoms with Crippen molar-refractivity contribution >= 4 is 5.91 Å². The average molecular weight is 393 g/mol. The normalized spacial score (nSPS) is 11.9. The van der Waals surface area contributed by atoms with E-state index < -0.39 is 6.04 Å². The van der Waals surface area contributed by atoms with E-state index in [4.69, 9.17) is 10.5 Å². The molecule has 0 unspecified atom stereocenters. The summed E-state index contributed by atoms with van der Waals surface area (Å²) < 4.78 is 7.65. The third-order valence-electron chi connectivity index (χ3n) is 4.70. The van der Waals surface area contributed by atoms with Gasteiger partial charge in [-0.2, -0.15) is 0 Å². The van der Waals surface area contributed by atoms with Gasteiger partial charge >= 0.3 is 0 Å². The third kappa shape index (κ3) is 6.55. The van der Waals surface area contributed by atoms with E-state index in [-0.39, 0.29) is 5.91 Å². The average Bonchev–Trinajstić information content (AvgIpc) is 3.18. The van der Waals surface area contributed by atoms with Gasteiger partial charge in [0.15, 0.2) is 0 Å². The molecule has 6 nitrogen and oxygen atoms in total. The second kappa shape index (κ2) is 10.5. The summed E-state index contributed by atoms with van der Waals surface area (Å²) in [5.41, 5.74) is 9.26. The number of hydrogen-bond acceptors (Lipinski definition) is 4. The minimum absolute atomic E-state index is 0.106. The molecule has 0 radical (unpaired) electrons. The highest BCUT2D eigenvalue weighted by Crippen LogP contribution is 2.06. The second-order valence-electron chi connectivity index (χ2n) is 7.13. The molecule has 0 aliphatic rings. The highest BCUT2D eigenvalue weighted by Gasteiger charge is 2.19. The first-order valence-electron chi connectivity index (χ1n) is 9.78. The Balaban J connectivity index is 1.41. The zero-order valence-electron chi connectivity index (χ0n) is 16.8. The van der Waals surface area contributed by atoms with E-state index in [0.29, 0.717) is 26.2 Å². The number of rotatable bonds is 10. The van der Waals surface area contributed by atoms with Crippen LogP contribution in [0.4, 0.5) is 0 Å². The van der Waals surface area contributed by atoms with Crippen LogP contribution in [-0.4, -0.2) is 46.6 Å². The Morgan fingerprint density at radius 3 is 2.45 bits per heavy atom. The molecular weight excluding hydrogens is 364 g/mol. The lowest BCUT2D eigenvalue weighted by atomic mass is 10.1. The Labute approximate surface area is 171 Å². The van der Waals surface area contributed by atoms with E-state index in [2.05, 4.69) is 17.1 Å². The molecule has 0 saturated heterocycles. The third-order valence-corrected chi connectivity index (χ3v) is 4.70. The molecule has 0 bridgehead atoms. The van der Waals surface area contributed by atoms with E-state index in [1.165, 1.54) is 5.56 Å². The molecule has 1 amide bonds. The first-order valence-corrected chi connectivity index (χ1v) is 9.78. The van der Waals surface area contributed by atoms with Crippen LogP contribution in [0.5, 0.6) is 0 Å². The van der Waals surface area contributed by atoms with E-state index in [1.54, 1.807) is 18.3 Å². The summed E-state index contributed by atoms with van der Waals surface area (Å²) in [7, 11) is 1.75. The number of amides is 1. The van der Waals surface area contributed by atoms with E-state index in [9.17, 15) is 4.79 Å². The molecule has 0 aliphatic carbocycles. The summed E-state index contributed by atoms with van der Waals surface area (Å²) in [6.07, 6.45) is 4.14. The van der Waals surface area contributed by atoms with Crippen molar-refractivity contribution in [3.8, 4) is 0 Å². The molecule has 2 aromatic carbocycles. The lowest BCUT2D eigenvalue weighted by Gasteiger charge is -2.21. The van der Waals surface area contributed by atoms with Crippen LogP contribution in [0.15, 0.2) is 73.2 Å². The Bertz CT molecular complexity index is 880. The summed E-state index contributed by atoms with van der Waals surface area (Å²) >= 11 is 0. The van der Waals surface area contributed by atoms with Crippen molar-refractivity contribution in [3.05, 3.63) is 90.0 Å². The molecule has 1 aromatic heterocycles. The van der Waals surface area contributed by atoms with Gasteiger partial charge < -0.3 is 19.9 Å². The predicted octanol–water partition coefficient (Wildman–Crippen LogP) is 2.48. The minimum Gasteiger partial charge on any atom is -0.375 e. The highest BCUT2D eigenvalue weighted by atomic mass is 16.5. The summed E-state index contributed by atoms with van der Waals surface area (Å²) in [6, 6.07) is 19.5. The largest absolute Gasteiger partial charge is 0.375 e. The molecule has 6 heteroatoms. The molecular formula is C23H28N4O2. The number of likely N-dealkylation sites (N-methyl/N-ethyl adjacent to an activating group) is 1. The van der Waals surface area contributed by atoms with Crippen LogP contribution < -0.4 is 5.73 Å². The van der Waals surface area contributed by atoms with Crippen LogP contribution >= 0.6 is 0 Å². The van der Waals surface area contributed by atoms with Crippen molar-refractivity contribution < 1.29 is 9.53 Å². The number of imidazole rings is 1. The standard InChI is InChI=1S/C23H28N4O2/c1-26(12-13-29-17-20-10-6-3-7-11-20)23(28)22(24)14-21-16-27(18-25-21)15-19-8-4-2-5-9-19/h2-11,16,18,22H,12-15,17,24H2,1H3/t22-/m0/s1. The van der Waals surface area contributed by atoms with Gasteiger partial charge in [-0.3, -0.25) is 4.79 Å². The smallest absolute Gasteiger partial charge is 0.239 e. The number of carbonyl (C=O) groups excluding carboxylic acids is 1. The van der Waals surface area contributed by atoms with Gasteiger partial charge in [0, 0.05) is 32.8 Å². The fourth-order valence-electron chi connectivity index (χ4n) is 3.06. The van der Waals surface area contributed by atoms with Gasteiger partial charge in [0.05, 0.1) is 31.3 Å². The number of carbonyl (C=O) groups is 1. The summed E-state index contributed by atoms with van der Waals surface area (Å²) in [4.78, 5) is 18.5. The molecule has 0 aliphatic heterocycles. The quantitative estimate of drug-likeness (QED) is 0.538. The first kappa shape index (κ1) is 20.8. The van der Waals surface area contributed by atoms with Crippen LogP contribution in [0.1, 0.15) is 16.8 Å². The maximum absolute atomic E-state index is 12.5. The van der Waals surface area contributed by atoms with Crippen molar-refractivity contribution in [1.29, 1.82) is 0 Å². The molecule has 0 saturated carbocycles. The molecule has 0 fully saturated rings. The molecule has 2 N–H and O–H groups in total. The number of benzene rings is 2. The van der Waals surface area contributed by atoms with E-state index in [0.717, 1.165) is 17.8 Å². The predicted molar refractivity (Wildman–Crippen MR) is 113 cm³/mol. The SMILES string of the molecule is CN(CCOCc1ccccc1)C(=O)[C@@H](N)Cc1cn(Cc2ccccc2)cn1. The monoisotopic (exact) mass is 392 g/mol. The van der Waals surface area contributed by atoms with Crippen molar-refractivity contribution in [2.45, 2.75) is 25.6 Å². The van der Waals surface area contributed by atoms with Gasteiger partial charge in [-0.05, 0) is 11.1 Å². The van der Waals surface area contributed by atoms with Crippen LogP contribution in [0.2, 0.25) is 0 Å². The van der Waals surface area contributed by atoms with Crippen LogP contribution in [-0.2, 0) is 29.1 Å². The molecule has 152 valence electrons. The summed E-state index contributed by atoms with van der Waals surface area (Å²) in [5, 5.41) is 0. The van der Waals surface area contributed by atoms with Gasteiger partial charge in [0.2, 0.25) is 5.91 Å². The molecule has 0 spiro atoms. The fourth-order valence-corrected chi connectivity index (χ4v) is 3.06. The molecule has 1 atom stereocenters. The number of hydrogen-bond donors (Lipinski definition) is 1. The zero-order chi connectivity index (χ0) is 20.5. The molecule has 3 aromatic rings.